The molecule has 2 aliphatic rings. The minimum absolute atomic E-state index is 0. The Morgan fingerprint density at radius 1 is 1.10 bits per heavy atom. The lowest BCUT2D eigenvalue weighted by molar-refractivity contribution is 0.0703. The fraction of sp³-hybridized carbons (Fsp3) is 0.429. The maximum absolute atomic E-state index is 13.0. The number of carbonyl (C=O) groups excluding carboxylic acids is 1. The number of likely N-dealkylation sites (tertiary alicyclic amines) is 1. The highest BCUT2D eigenvalue weighted by molar-refractivity contribution is 5.92. The molecular weight excluding hydrogens is 402 g/mol. The Labute approximate surface area is 181 Å². The van der Waals surface area contributed by atoms with Gasteiger partial charge < -0.3 is 14.8 Å². The van der Waals surface area contributed by atoms with Crippen molar-refractivity contribution in [2.45, 2.75) is 38.8 Å². The van der Waals surface area contributed by atoms with E-state index in [1.807, 2.05) is 52.9 Å². The van der Waals surface area contributed by atoms with E-state index >= 15 is 0 Å². The zero-order valence-corrected chi connectivity index (χ0v) is 17.8. The third kappa shape index (κ3) is 3.73. The van der Waals surface area contributed by atoms with E-state index in [-0.39, 0.29) is 18.3 Å². The van der Waals surface area contributed by atoms with Crippen LogP contribution in [-0.4, -0.2) is 55.0 Å². The van der Waals surface area contributed by atoms with Crippen LogP contribution in [0.3, 0.4) is 0 Å². The monoisotopic (exact) mass is 427 g/mol. The normalized spacial score (nSPS) is 16.8. The molecule has 30 heavy (non-hydrogen) atoms. The summed E-state index contributed by atoms with van der Waals surface area (Å²) < 4.78 is 4.08. The molecule has 2 aliphatic heterocycles. The first-order chi connectivity index (χ1) is 14.2. The Kier molecular flexibility index (Phi) is 5.87. The molecule has 3 aromatic rings. The van der Waals surface area contributed by atoms with Crippen molar-refractivity contribution in [3.05, 3.63) is 59.4 Å². The van der Waals surface area contributed by atoms with E-state index in [1.54, 1.807) is 0 Å². The number of carbonyl (C=O) groups is 1. The van der Waals surface area contributed by atoms with E-state index in [1.165, 1.54) is 0 Å². The third-order valence-electron chi connectivity index (χ3n) is 5.91. The number of nitrogens with one attached hydrogen (secondary N) is 1. The molecule has 1 amide bonds. The number of hydrogen-bond donors (Lipinski definition) is 1. The van der Waals surface area contributed by atoms with Gasteiger partial charge in [0.05, 0.1) is 12.2 Å². The number of rotatable bonds is 3. The summed E-state index contributed by atoms with van der Waals surface area (Å²) in [5.74, 6) is 2.47. The molecule has 0 saturated carbocycles. The van der Waals surface area contributed by atoms with Crippen LogP contribution in [0.5, 0.6) is 0 Å². The molecule has 0 atom stereocenters. The summed E-state index contributed by atoms with van der Waals surface area (Å²) in [4.78, 5) is 15.0. The first-order valence-electron chi connectivity index (χ1n) is 10.2. The molecule has 4 heterocycles. The van der Waals surface area contributed by atoms with Crippen molar-refractivity contribution >= 4 is 18.3 Å². The summed E-state index contributed by atoms with van der Waals surface area (Å²) in [6, 6.07) is 11.8. The summed E-state index contributed by atoms with van der Waals surface area (Å²) in [5.41, 5.74) is 2.43. The van der Waals surface area contributed by atoms with E-state index in [2.05, 4.69) is 25.2 Å². The van der Waals surface area contributed by atoms with E-state index in [0.717, 1.165) is 68.6 Å². The van der Waals surface area contributed by atoms with Gasteiger partial charge in [-0.05, 0) is 38.0 Å². The van der Waals surface area contributed by atoms with Crippen LogP contribution in [-0.2, 0) is 13.1 Å². The molecule has 0 bridgehead atoms. The van der Waals surface area contributed by atoms with Gasteiger partial charge in [-0.15, -0.1) is 22.6 Å². The number of halogens is 1. The van der Waals surface area contributed by atoms with Gasteiger partial charge in [0, 0.05) is 37.8 Å². The van der Waals surface area contributed by atoms with Crippen molar-refractivity contribution in [1.82, 2.24) is 34.8 Å². The van der Waals surface area contributed by atoms with Crippen LogP contribution < -0.4 is 5.32 Å². The molecule has 0 aliphatic carbocycles. The molecule has 1 N–H and O–H groups in total. The summed E-state index contributed by atoms with van der Waals surface area (Å²) in [5, 5.41) is 16.7. The quantitative estimate of drug-likeness (QED) is 0.693. The van der Waals surface area contributed by atoms with E-state index < -0.39 is 0 Å². The van der Waals surface area contributed by atoms with Gasteiger partial charge in [-0.2, -0.15) is 5.10 Å². The molecular formula is C21H26ClN7O. The van der Waals surface area contributed by atoms with Gasteiger partial charge in [0.15, 0.2) is 5.69 Å². The van der Waals surface area contributed by atoms with Crippen molar-refractivity contribution in [3.8, 4) is 5.69 Å². The molecule has 9 heteroatoms. The van der Waals surface area contributed by atoms with Gasteiger partial charge >= 0.3 is 0 Å². The average Bonchev–Trinajstić information content (AvgIpc) is 3.38. The highest BCUT2D eigenvalue weighted by atomic mass is 35.5. The largest absolute Gasteiger partial charge is 0.337 e. The molecule has 5 rings (SSSR count). The number of amides is 1. The lowest BCUT2D eigenvalue weighted by atomic mass is 9.95. The van der Waals surface area contributed by atoms with Crippen molar-refractivity contribution in [3.63, 3.8) is 0 Å². The van der Waals surface area contributed by atoms with Gasteiger partial charge in [-0.25, -0.2) is 4.68 Å². The summed E-state index contributed by atoms with van der Waals surface area (Å²) in [6.45, 7) is 6.09. The standard InChI is InChI=1S/C21H25N7O.ClH/c1-15-13-18(25-28(15)17-5-3-2-4-6-17)21(29)26-10-7-16(8-11-26)20-24-23-19-14-22-9-12-27(19)20;/h2-6,13,16,22H,7-12,14H2,1H3;1H. The maximum Gasteiger partial charge on any atom is 0.274 e. The van der Waals surface area contributed by atoms with Crippen LogP contribution in [0.4, 0.5) is 0 Å². The Hall–Kier alpha value is -2.71. The smallest absolute Gasteiger partial charge is 0.274 e. The Morgan fingerprint density at radius 3 is 2.63 bits per heavy atom. The van der Waals surface area contributed by atoms with Crippen LogP contribution in [0.1, 0.15) is 46.6 Å². The fourth-order valence-corrected chi connectivity index (χ4v) is 4.33. The molecule has 1 saturated heterocycles. The Balaban J connectivity index is 0.00000218. The first kappa shape index (κ1) is 20.6. The SMILES string of the molecule is Cc1cc(C(=O)N2CCC(c3nnc4n3CCNC4)CC2)nn1-c1ccccc1.Cl. The third-order valence-corrected chi connectivity index (χ3v) is 5.91. The highest BCUT2D eigenvalue weighted by Gasteiger charge is 2.30. The van der Waals surface area contributed by atoms with Crippen molar-refractivity contribution in [1.29, 1.82) is 0 Å². The number of para-hydroxylation sites is 1. The fourth-order valence-electron chi connectivity index (χ4n) is 4.33. The summed E-state index contributed by atoms with van der Waals surface area (Å²) in [7, 11) is 0. The van der Waals surface area contributed by atoms with Crippen molar-refractivity contribution in [2.75, 3.05) is 19.6 Å². The van der Waals surface area contributed by atoms with Gasteiger partial charge in [0.25, 0.3) is 5.91 Å². The number of hydrogen-bond acceptors (Lipinski definition) is 5. The van der Waals surface area contributed by atoms with Gasteiger partial charge in [0.2, 0.25) is 0 Å². The average molecular weight is 428 g/mol. The van der Waals surface area contributed by atoms with E-state index in [9.17, 15) is 4.79 Å². The molecule has 158 valence electrons. The van der Waals surface area contributed by atoms with E-state index in [0.29, 0.717) is 11.6 Å². The molecule has 2 aromatic heterocycles. The van der Waals surface area contributed by atoms with Gasteiger partial charge in [-0.1, -0.05) is 18.2 Å². The topological polar surface area (TPSA) is 80.9 Å². The van der Waals surface area contributed by atoms with Crippen LogP contribution in [0.2, 0.25) is 0 Å². The molecule has 8 nitrogen and oxygen atoms in total. The first-order valence-corrected chi connectivity index (χ1v) is 10.2. The zero-order chi connectivity index (χ0) is 19.8. The van der Waals surface area contributed by atoms with Crippen molar-refractivity contribution in [2.24, 2.45) is 0 Å². The second-order valence-electron chi connectivity index (χ2n) is 7.79. The number of aryl methyl sites for hydroxylation is 1. The number of nitrogens with zero attached hydrogens (tertiary/aromatic N) is 6. The maximum atomic E-state index is 13.0. The van der Waals surface area contributed by atoms with Gasteiger partial charge in [0.1, 0.15) is 11.6 Å². The number of benzene rings is 1. The molecule has 0 radical (unpaired) electrons. The number of fused-ring (bicyclic) bond motifs is 1. The predicted molar refractivity (Wildman–Crippen MR) is 115 cm³/mol. The van der Waals surface area contributed by atoms with E-state index in [4.69, 9.17) is 0 Å². The van der Waals surface area contributed by atoms with Crippen molar-refractivity contribution < 1.29 is 4.79 Å². The van der Waals surface area contributed by atoms with Crippen LogP contribution in [0.25, 0.3) is 5.69 Å². The Morgan fingerprint density at radius 2 is 1.87 bits per heavy atom. The highest BCUT2D eigenvalue weighted by Crippen LogP contribution is 2.28. The minimum atomic E-state index is 0. The molecule has 0 spiro atoms. The zero-order valence-electron chi connectivity index (χ0n) is 17.0. The number of aromatic nitrogens is 5. The minimum Gasteiger partial charge on any atom is -0.337 e. The second-order valence-corrected chi connectivity index (χ2v) is 7.79. The molecule has 1 fully saturated rings. The summed E-state index contributed by atoms with van der Waals surface area (Å²) in [6.07, 6.45) is 1.82. The van der Waals surface area contributed by atoms with Crippen LogP contribution >= 0.6 is 12.4 Å². The van der Waals surface area contributed by atoms with Gasteiger partial charge in [-0.3, -0.25) is 4.79 Å². The lowest BCUT2D eigenvalue weighted by Crippen LogP contribution is -2.39. The van der Waals surface area contributed by atoms with Crippen LogP contribution in [0.15, 0.2) is 36.4 Å². The second kappa shape index (κ2) is 8.57. The molecule has 0 unspecified atom stereocenters. The predicted octanol–water partition coefficient (Wildman–Crippen LogP) is 2.32. The summed E-state index contributed by atoms with van der Waals surface area (Å²) >= 11 is 0. The molecule has 1 aromatic carbocycles. The van der Waals surface area contributed by atoms with Crippen LogP contribution in [0, 0.1) is 6.92 Å². The lowest BCUT2D eigenvalue weighted by Gasteiger charge is -2.31. The Bertz CT molecular complexity index is 1020. The number of piperidine rings is 1.